The number of anilines is 1. The van der Waals surface area contributed by atoms with E-state index in [2.05, 4.69) is 133 Å². The average molecular weight is 434 g/mol. The lowest BCUT2D eigenvalue weighted by molar-refractivity contribution is 0.459. The number of nitrogens with zero attached hydrogens (tertiary/aromatic N) is 3. The second kappa shape index (κ2) is 10.2. The molecule has 0 atom stereocenters. The number of hydrogen-bond donors (Lipinski definition) is 0. The Bertz CT molecular complexity index is 1080. The highest BCUT2D eigenvalue weighted by molar-refractivity contribution is 5.51. The van der Waals surface area contributed by atoms with Gasteiger partial charge in [0.05, 0.1) is 0 Å². The molecule has 0 amide bonds. The van der Waals surface area contributed by atoms with Crippen LogP contribution in [0.2, 0.25) is 0 Å². The molecule has 3 nitrogen and oxygen atoms in total. The van der Waals surface area contributed by atoms with Crippen LogP contribution in [-0.4, -0.2) is 22.9 Å². The highest BCUT2D eigenvalue weighted by atomic mass is 15.4. The van der Waals surface area contributed by atoms with Gasteiger partial charge in [-0.05, 0) is 30.0 Å². The van der Waals surface area contributed by atoms with E-state index in [1.54, 1.807) is 0 Å². The van der Waals surface area contributed by atoms with Gasteiger partial charge in [-0.1, -0.05) is 109 Å². The molecule has 4 rings (SSSR count). The Morgan fingerprint density at radius 1 is 0.848 bits per heavy atom. The lowest BCUT2D eigenvalue weighted by Crippen LogP contribution is -2.38. The van der Waals surface area contributed by atoms with Gasteiger partial charge >= 0.3 is 0 Å². The van der Waals surface area contributed by atoms with Gasteiger partial charge in [-0.2, -0.15) is 5.10 Å². The lowest BCUT2D eigenvalue weighted by Gasteiger charge is -2.36. The lowest BCUT2D eigenvalue weighted by atomic mass is 9.77. The van der Waals surface area contributed by atoms with E-state index in [0.717, 1.165) is 47.6 Å². The molecule has 0 N–H and O–H groups in total. The number of benzene rings is 3. The molecule has 0 bridgehead atoms. The summed E-state index contributed by atoms with van der Waals surface area (Å²) in [4.78, 5) is 2.27. The third-order valence-electron chi connectivity index (χ3n) is 5.88. The Morgan fingerprint density at radius 3 is 1.76 bits per heavy atom. The van der Waals surface area contributed by atoms with Crippen LogP contribution in [0.3, 0.4) is 0 Å². The summed E-state index contributed by atoms with van der Waals surface area (Å²) < 4.78 is 2.11. The Labute approximate surface area is 197 Å². The Kier molecular flexibility index (Phi) is 6.89. The van der Waals surface area contributed by atoms with Crippen LogP contribution in [0.15, 0.2) is 128 Å². The second-order valence-corrected chi connectivity index (χ2v) is 8.38. The summed E-state index contributed by atoms with van der Waals surface area (Å²) in [5.74, 6) is 0.937. The minimum Gasteiger partial charge on any atom is -0.351 e. The van der Waals surface area contributed by atoms with E-state index in [0.29, 0.717) is 0 Å². The summed E-state index contributed by atoms with van der Waals surface area (Å²) in [7, 11) is 0. The highest BCUT2D eigenvalue weighted by Gasteiger charge is 2.39. The molecule has 0 saturated carbocycles. The zero-order chi connectivity index (χ0) is 23.1. The molecule has 4 aromatic rings. The minimum atomic E-state index is -0.602. The van der Waals surface area contributed by atoms with Crippen molar-refractivity contribution < 1.29 is 0 Å². The van der Waals surface area contributed by atoms with Crippen molar-refractivity contribution in [1.29, 1.82) is 0 Å². The smallest absolute Gasteiger partial charge is 0.150 e. The van der Waals surface area contributed by atoms with E-state index < -0.39 is 5.54 Å². The van der Waals surface area contributed by atoms with Gasteiger partial charge in [0.2, 0.25) is 0 Å². The van der Waals surface area contributed by atoms with Crippen LogP contribution in [0.4, 0.5) is 5.82 Å². The third kappa shape index (κ3) is 4.54. The molecular weight excluding hydrogens is 402 g/mol. The van der Waals surface area contributed by atoms with Crippen LogP contribution in [-0.2, 0) is 5.54 Å². The molecule has 3 aromatic carbocycles. The van der Waals surface area contributed by atoms with Crippen LogP contribution in [0.1, 0.15) is 30.0 Å². The Balaban J connectivity index is 1.95. The van der Waals surface area contributed by atoms with Crippen molar-refractivity contribution in [3.05, 3.63) is 145 Å². The summed E-state index contributed by atoms with van der Waals surface area (Å²) >= 11 is 0. The summed E-state index contributed by atoms with van der Waals surface area (Å²) in [6.07, 6.45) is 4.94. The molecule has 0 spiro atoms. The summed E-state index contributed by atoms with van der Waals surface area (Å²) in [5.41, 5.74) is 3.99. The van der Waals surface area contributed by atoms with E-state index in [9.17, 15) is 0 Å². The first-order chi connectivity index (χ1) is 16.2. The van der Waals surface area contributed by atoms with Gasteiger partial charge in [0, 0.05) is 25.4 Å². The molecule has 0 unspecified atom stereocenters. The van der Waals surface area contributed by atoms with Crippen LogP contribution in [0.5, 0.6) is 0 Å². The first-order valence-corrected chi connectivity index (χ1v) is 11.4. The van der Waals surface area contributed by atoms with Crippen molar-refractivity contribution in [3.8, 4) is 0 Å². The molecule has 0 aliphatic rings. The van der Waals surface area contributed by atoms with Crippen LogP contribution >= 0.6 is 0 Å². The molecule has 0 radical (unpaired) electrons. The molecule has 0 saturated heterocycles. The summed E-state index contributed by atoms with van der Waals surface area (Å²) in [6.45, 7) is 11.7. The topological polar surface area (TPSA) is 21.1 Å². The van der Waals surface area contributed by atoms with E-state index in [-0.39, 0.29) is 0 Å². The first-order valence-electron chi connectivity index (χ1n) is 11.4. The average Bonchev–Trinajstić information content (AvgIpc) is 3.34. The van der Waals surface area contributed by atoms with Gasteiger partial charge in [-0.25, -0.2) is 0 Å². The van der Waals surface area contributed by atoms with Crippen molar-refractivity contribution in [1.82, 2.24) is 9.78 Å². The second-order valence-electron chi connectivity index (χ2n) is 8.38. The van der Waals surface area contributed by atoms with Gasteiger partial charge < -0.3 is 4.90 Å². The molecule has 3 heteroatoms. The number of rotatable bonds is 10. The van der Waals surface area contributed by atoms with Crippen LogP contribution in [0.25, 0.3) is 0 Å². The predicted molar refractivity (Wildman–Crippen MR) is 139 cm³/mol. The maximum atomic E-state index is 5.19. The predicted octanol–water partition coefficient (Wildman–Crippen LogP) is 6.68. The van der Waals surface area contributed by atoms with Crippen LogP contribution < -0.4 is 4.90 Å². The molecular formula is C30H31N3. The van der Waals surface area contributed by atoms with Crippen molar-refractivity contribution in [2.75, 3.05) is 18.0 Å². The standard InChI is InChI=1S/C30H31N3/c1-4-5-22-32(24-25(2)3)29-21-23-33(31-29)30(26-15-9-6-10-16-26,27-17-11-7-12-18-27)28-19-13-8-14-20-28/h4,6-21,23H,1-2,5,22,24H2,3H3. The molecule has 0 aliphatic heterocycles. The van der Waals surface area contributed by atoms with Crippen molar-refractivity contribution in [2.24, 2.45) is 0 Å². The quantitative estimate of drug-likeness (QED) is 0.205. The van der Waals surface area contributed by atoms with Crippen molar-refractivity contribution in [2.45, 2.75) is 18.9 Å². The fourth-order valence-corrected chi connectivity index (χ4v) is 4.45. The maximum Gasteiger partial charge on any atom is 0.150 e. The third-order valence-corrected chi connectivity index (χ3v) is 5.88. The van der Waals surface area contributed by atoms with Crippen molar-refractivity contribution >= 4 is 5.82 Å². The van der Waals surface area contributed by atoms with Gasteiger partial charge in [0.15, 0.2) is 5.82 Å². The normalized spacial score (nSPS) is 11.2. The van der Waals surface area contributed by atoms with Gasteiger partial charge in [-0.15, -0.1) is 6.58 Å². The number of hydrogen-bond acceptors (Lipinski definition) is 2. The SMILES string of the molecule is C=CCCN(CC(=C)C)c1ccn(C(c2ccccc2)(c2ccccc2)c2ccccc2)n1. The summed E-state index contributed by atoms with van der Waals surface area (Å²) in [6, 6.07) is 34.0. The van der Waals surface area contributed by atoms with Crippen LogP contribution in [0, 0.1) is 0 Å². The zero-order valence-corrected chi connectivity index (χ0v) is 19.3. The van der Waals surface area contributed by atoms with E-state index >= 15 is 0 Å². The van der Waals surface area contributed by atoms with E-state index in [4.69, 9.17) is 5.10 Å². The zero-order valence-electron chi connectivity index (χ0n) is 19.3. The van der Waals surface area contributed by atoms with Gasteiger partial charge in [0.1, 0.15) is 5.54 Å². The number of aromatic nitrogens is 2. The first kappa shape index (κ1) is 22.3. The monoisotopic (exact) mass is 433 g/mol. The van der Waals surface area contributed by atoms with E-state index in [1.807, 2.05) is 6.08 Å². The Hall–Kier alpha value is -3.85. The largest absolute Gasteiger partial charge is 0.351 e. The Morgan fingerprint density at radius 2 is 1.33 bits per heavy atom. The molecule has 1 aromatic heterocycles. The fraction of sp³-hybridized carbons (Fsp3) is 0.167. The minimum absolute atomic E-state index is 0.602. The molecule has 33 heavy (non-hydrogen) atoms. The van der Waals surface area contributed by atoms with Crippen molar-refractivity contribution in [3.63, 3.8) is 0 Å². The van der Waals surface area contributed by atoms with Gasteiger partial charge in [-0.3, -0.25) is 4.68 Å². The van der Waals surface area contributed by atoms with Gasteiger partial charge in [0.25, 0.3) is 0 Å². The molecule has 166 valence electrons. The molecule has 0 fully saturated rings. The summed E-state index contributed by atoms with van der Waals surface area (Å²) in [5, 5.41) is 5.19. The fourth-order valence-electron chi connectivity index (χ4n) is 4.45. The highest BCUT2D eigenvalue weighted by Crippen LogP contribution is 2.40. The molecule has 1 heterocycles. The molecule has 0 aliphatic carbocycles. The van der Waals surface area contributed by atoms with E-state index in [1.165, 1.54) is 0 Å². The maximum absolute atomic E-state index is 5.19.